The van der Waals surface area contributed by atoms with Crippen LogP contribution in [0.5, 0.6) is 5.75 Å². The average molecular weight is 318 g/mol. The van der Waals surface area contributed by atoms with Crippen molar-refractivity contribution in [3.05, 3.63) is 39.2 Å². The zero-order chi connectivity index (χ0) is 17.1. The first-order valence-corrected chi connectivity index (χ1v) is 7.41. The summed E-state index contributed by atoms with van der Waals surface area (Å²) in [6, 6.07) is 2.34. The molecular formula is C17H18O6. The molecule has 2 rings (SSSR count). The molecule has 0 aliphatic carbocycles. The maximum atomic E-state index is 12.3. The van der Waals surface area contributed by atoms with Crippen LogP contribution in [0.2, 0.25) is 0 Å². The number of hydrogen-bond donors (Lipinski definition) is 1. The van der Waals surface area contributed by atoms with E-state index in [-0.39, 0.29) is 40.4 Å². The molecule has 0 amide bonds. The number of aromatic hydroxyl groups is 1. The monoisotopic (exact) mass is 318 g/mol. The molecule has 1 heterocycles. The highest BCUT2D eigenvalue weighted by Gasteiger charge is 2.21. The Morgan fingerprint density at radius 2 is 1.96 bits per heavy atom. The normalized spacial score (nSPS) is 10.7. The van der Waals surface area contributed by atoms with E-state index in [0.717, 1.165) is 6.07 Å². The van der Waals surface area contributed by atoms with E-state index < -0.39 is 11.4 Å². The third-order valence-corrected chi connectivity index (χ3v) is 3.44. The van der Waals surface area contributed by atoms with Crippen LogP contribution >= 0.6 is 0 Å². The minimum Gasteiger partial charge on any atom is -0.507 e. The Bertz CT molecular complexity index is 831. The van der Waals surface area contributed by atoms with Crippen LogP contribution in [-0.2, 0) is 11.2 Å². The molecule has 0 bridgehead atoms. The number of rotatable bonds is 5. The Hall–Kier alpha value is -2.63. The summed E-state index contributed by atoms with van der Waals surface area (Å²) < 4.78 is 10.3. The van der Waals surface area contributed by atoms with Crippen molar-refractivity contribution in [2.75, 3.05) is 6.61 Å². The van der Waals surface area contributed by atoms with Crippen LogP contribution in [0, 0.1) is 0 Å². The van der Waals surface area contributed by atoms with Gasteiger partial charge >= 0.3 is 5.97 Å². The first-order valence-electron chi connectivity index (χ1n) is 7.41. The zero-order valence-corrected chi connectivity index (χ0v) is 13.3. The van der Waals surface area contributed by atoms with Gasteiger partial charge in [0.15, 0.2) is 11.2 Å². The van der Waals surface area contributed by atoms with Gasteiger partial charge in [-0.2, -0.15) is 0 Å². The van der Waals surface area contributed by atoms with E-state index in [1.54, 1.807) is 6.92 Å². The molecule has 0 saturated heterocycles. The van der Waals surface area contributed by atoms with Gasteiger partial charge in [-0.25, -0.2) is 4.79 Å². The molecule has 6 nitrogen and oxygen atoms in total. The van der Waals surface area contributed by atoms with Crippen molar-refractivity contribution in [3.8, 4) is 5.75 Å². The van der Waals surface area contributed by atoms with Crippen molar-refractivity contribution in [2.45, 2.75) is 33.6 Å². The second-order valence-electron chi connectivity index (χ2n) is 5.13. The molecule has 1 aromatic carbocycles. The highest BCUT2D eigenvalue weighted by atomic mass is 16.5. The van der Waals surface area contributed by atoms with Gasteiger partial charge in [-0.3, -0.25) is 9.59 Å². The predicted octanol–water partition coefficient (Wildman–Crippen LogP) is 2.83. The van der Waals surface area contributed by atoms with E-state index in [0.29, 0.717) is 18.4 Å². The number of Topliss-reactive ketones (excluding diaryl/α,β-unsaturated/α-hetero) is 1. The quantitative estimate of drug-likeness (QED) is 0.673. The number of aryl methyl sites for hydroxylation is 1. The van der Waals surface area contributed by atoms with E-state index in [1.807, 2.05) is 6.92 Å². The van der Waals surface area contributed by atoms with Crippen LogP contribution < -0.4 is 5.43 Å². The number of esters is 1. The molecule has 2 aromatic rings. The molecule has 0 radical (unpaired) electrons. The third kappa shape index (κ3) is 3.11. The maximum Gasteiger partial charge on any atom is 0.374 e. The standard InChI is InChI=1S/C17H18O6/c1-4-6-10-15(20)11(9(3)18)7-12-13(19)8-14(23-16(10)12)17(21)22-5-2/h7-8,20H,4-6H2,1-3H3. The number of phenols is 1. The fourth-order valence-electron chi connectivity index (χ4n) is 2.40. The molecule has 23 heavy (non-hydrogen) atoms. The molecule has 0 spiro atoms. The van der Waals surface area contributed by atoms with Crippen LogP contribution in [0.3, 0.4) is 0 Å². The molecule has 0 aliphatic rings. The average Bonchev–Trinajstić information content (AvgIpc) is 2.49. The van der Waals surface area contributed by atoms with Crippen LogP contribution in [0.15, 0.2) is 21.3 Å². The lowest BCUT2D eigenvalue weighted by Gasteiger charge is -2.11. The number of carbonyl (C=O) groups excluding carboxylic acids is 2. The van der Waals surface area contributed by atoms with E-state index in [9.17, 15) is 19.5 Å². The van der Waals surface area contributed by atoms with Crippen molar-refractivity contribution in [1.82, 2.24) is 0 Å². The Kier molecular flexibility index (Phi) is 4.83. The minimum absolute atomic E-state index is 0.0668. The fourth-order valence-corrected chi connectivity index (χ4v) is 2.40. The largest absolute Gasteiger partial charge is 0.507 e. The van der Waals surface area contributed by atoms with Crippen LogP contribution in [0.4, 0.5) is 0 Å². The van der Waals surface area contributed by atoms with Gasteiger partial charge in [0.1, 0.15) is 11.3 Å². The van der Waals surface area contributed by atoms with Crippen molar-refractivity contribution >= 4 is 22.7 Å². The highest BCUT2D eigenvalue weighted by Crippen LogP contribution is 2.32. The smallest absolute Gasteiger partial charge is 0.374 e. The van der Waals surface area contributed by atoms with Crippen molar-refractivity contribution in [2.24, 2.45) is 0 Å². The van der Waals surface area contributed by atoms with E-state index in [2.05, 4.69) is 0 Å². The van der Waals surface area contributed by atoms with Gasteiger partial charge in [0.25, 0.3) is 0 Å². The molecule has 122 valence electrons. The van der Waals surface area contributed by atoms with Crippen LogP contribution in [0.25, 0.3) is 11.0 Å². The second kappa shape index (κ2) is 6.64. The van der Waals surface area contributed by atoms with Gasteiger partial charge in [0.2, 0.25) is 5.76 Å². The summed E-state index contributed by atoms with van der Waals surface area (Å²) in [7, 11) is 0. The van der Waals surface area contributed by atoms with Crippen LogP contribution in [-0.4, -0.2) is 23.5 Å². The SMILES string of the molecule is CCCc1c(O)c(C(C)=O)cc2c(=O)cc(C(=O)OCC)oc12. The zero-order valence-electron chi connectivity index (χ0n) is 13.3. The number of fused-ring (bicyclic) bond motifs is 1. The van der Waals surface area contributed by atoms with Crippen LogP contribution in [0.1, 0.15) is 53.7 Å². The molecule has 1 N–H and O–H groups in total. The molecule has 0 atom stereocenters. The summed E-state index contributed by atoms with van der Waals surface area (Å²) >= 11 is 0. The number of carbonyl (C=O) groups is 2. The Labute approximate surface area is 132 Å². The fraction of sp³-hybridized carbons (Fsp3) is 0.353. The second-order valence-corrected chi connectivity index (χ2v) is 5.13. The first-order chi connectivity index (χ1) is 10.9. The van der Waals surface area contributed by atoms with Gasteiger partial charge in [-0.05, 0) is 26.3 Å². The first kappa shape index (κ1) is 16.7. The summed E-state index contributed by atoms with van der Waals surface area (Å²) in [5.41, 5.74) is 0.0645. The lowest BCUT2D eigenvalue weighted by Crippen LogP contribution is -2.11. The van der Waals surface area contributed by atoms with Gasteiger partial charge in [-0.1, -0.05) is 13.3 Å². The van der Waals surface area contributed by atoms with E-state index in [1.165, 1.54) is 13.0 Å². The van der Waals surface area contributed by atoms with Gasteiger partial charge in [-0.15, -0.1) is 0 Å². The van der Waals surface area contributed by atoms with Gasteiger partial charge in [0.05, 0.1) is 17.6 Å². The molecule has 1 aromatic heterocycles. The Balaban J connectivity index is 2.83. The number of hydrogen-bond acceptors (Lipinski definition) is 6. The van der Waals surface area contributed by atoms with Gasteiger partial charge < -0.3 is 14.3 Å². The number of ketones is 1. The molecular weight excluding hydrogens is 300 g/mol. The lowest BCUT2D eigenvalue weighted by atomic mass is 9.98. The third-order valence-electron chi connectivity index (χ3n) is 3.44. The van der Waals surface area contributed by atoms with E-state index >= 15 is 0 Å². The summed E-state index contributed by atoms with van der Waals surface area (Å²) in [5.74, 6) is -1.53. The van der Waals surface area contributed by atoms with Crippen molar-refractivity contribution in [3.63, 3.8) is 0 Å². The van der Waals surface area contributed by atoms with Crippen molar-refractivity contribution < 1.29 is 23.8 Å². The topological polar surface area (TPSA) is 93.8 Å². The molecule has 0 saturated carbocycles. The summed E-state index contributed by atoms with van der Waals surface area (Å²) in [6.07, 6.45) is 1.07. The molecule has 0 fully saturated rings. The Morgan fingerprint density at radius 3 is 2.52 bits per heavy atom. The minimum atomic E-state index is -0.746. The molecule has 0 unspecified atom stereocenters. The summed E-state index contributed by atoms with van der Waals surface area (Å²) in [5, 5.41) is 10.5. The highest BCUT2D eigenvalue weighted by molar-refractivity contribution is 6.02. The molecule has 0 aliphatic heterocycles. The lowest BCUT2D eigenvalue weighted by molar-refractivity contribution is 0.0490. The Morgan fingerprint density at radius 1 is 1.26 bits per heavy atom. The number of ether oxygens (including phenoxy) is 1. The summed E-state index contributed by atoms with van der Waals surface area (Å²) in [4.78, 5) is 35.8. The number of phenolic OH excluding ortho intramolecular Hbond substituents is 1. The summed E-state index contributed by atoms with van der Waals surface area (Å²) in [6.45, 7) is 4.99. The maximum absolute atomic E-state index is 12.3. The van der Waals surface area contributed by atoms with Crippen molar-refractivity contribution in [1.29, 1.82) is 0 Å². The van der Waals surface area contributed by atoms with Gasteiger partial charge in [0, 0.05) is 11.6 Å². The van der Waals surface area contributed by atoms with E-state index in [4.69, 9.17) is 9.15 Å². The molecule has 6 heteroatoms. The predicted molar refractivity (Wildman–Crippen MR) is 84.1 cm³/mol. The number of benzene rings is 1.